The molecule has 3 aliphatic rings. The van der Waals surface area contributed by atoms with Gasteiger partial charge in [0.2, 0.25) is 0 Å². The van der Waals surface area contributed by atoms with Crippen molar-refractivity contribution in [2.24, 2.45) is 17.8 Å². The summed E-state index contributed by atoms with van der Waals surface area (Å²) in [4.78, 5) is 11.7. The second-order valence-corrected chi connectivity index (χ2v) is 6.00. The molecule has 3 nitrogen and oxygen atoms in total. The molecule has 0 aromatic heterocycles. The number of aliphatic hydroxyl groups is 1. The highest BCUT2D eigenvalue weighted by molar-refractivity contribution is 5.91. The number of esters is 1. The molecular weight excluding hydrogens is 228 g/mol. The zero-order chi connectivity index (χ0) is 13.0. The van der Waals surface area contributed by atoms with Crippen LogP contribution >= 0.6 is 0 Å². The third kappa shape index (κ3) is 1.50. The van der Waals surface area contributed by atoms with Crippen molar-refractivity contribution < 1.29 is 14.6 Å². The van der Waals surface area contributed by atoms with E-state index < -0.39 is 0 Å². The molecule has 0 aromatic rings. The van der Waals surface area contributed by atoms with Crippen molar-refractivity contribution in [1.29, 1.82) is 0 Å². The van der Waals surface area contributed by atoms with Crippen LogP contribution in [0.25, 0.3) is 0 Å². The van der Waals surface area contributed by atoms with Gasteiger partial charge in [-0.1, -0.05) is 24.6 Å². The number of allylic oxidation sites excluding steroid dienone is 1. The number of fused-ring (bicyclic) bond motifs is 2. The molecule has 0 amide bonds. The zero-order valence-electron chi connectivity index (χ0n) is 11.0. The molecule has 18 heavy (non-hydrogen) atoms. The Balaban J connectivity index is 2.01. The summed E-state index contributed by atoms with van der Waals surface area (Å²) < 4.78 is 5.45. The van der Waals surface area contributed by atoms with Gasteiger partial charge in [0.15, 0.2) is 0 Å². The standard InChI is InChI=1S/C15H20O3/c1-7-4-5-12(16)13-9(3)14-11(6-10(7)13)8(2)15(17)18-14/h9,11-14,16H,2,4-6H2,1,3H3/t9-,11-,12-,13+,14-/m1/s1. The lowest BCUT2D eigenvalue weighted by molar-refractivity contribution is -0.143. The molecule has 1 saturated carbocycles. The number of carbonyl (C=O) groups is 1. The van der Waals surface area contributed by atoms with E-state index >= 15 is 0 Å². The molecule has 98 valence electrons. The third-order valence-corrected chi connectivity index (χ3v) is 5.05. The molecule has 3 heteroatoms. The number of hydrogen-bond acceptors (Lipinski definition) is 3. The van der Waals surface area contributed by atoms with E-state index in [1.807, 2.05) is 0 Å². The fourth-order valence-corrected chi connectivity index (χ4v) is 3.98. The van der Waals surface area contributed by atoms with E-state index in [1.54, 1.807) is 0 Å². The summed E-state index contributed by atoms with van der Waals surface area (Å²) in [7, 11) is 0. The fraction of sp³-hybridized carbons (Fsp3) is 0.667. The van der Waals surface area contributed by atoms with E-state index in [4.69, 9.17) is 4.74 Å². The van der Waals surface area contributed by atoms with Crippen molar-refractivity contribution in [3.8, 4) is 0 Å². The van der Waals surface area contributed by atoms with Crippen molar-refractivity contribution >= 4 is 5.97 Å². The van der Waals surface area contributed by atoms with Crippen LogP contribution in [0.15, 0.2) is 23.3 Å². The Kier molecular flexibility index (Phi) is 2.63. The molecule has 3 rings (SSSR count). The van der Waals surface area contributed by atoms with Crippen LogP contribution in [0, 0.1) is 17.8 Å². The average Bonchev–Trinajstić information content (AvgIpc) is 2.62. The highest BCUT2D eigenvalue weighted by Gasteiger charge is 2.51. The number of ether oxygens (including phenoxy) is 1. The van der Waals surface area contributed by atoms with Crippen molar-refractivity contribution in [2.45, 2.75) is 45.3 Å². The minimum Gasteiger partial charge on any atom is -0.458 e. The molecule has 2 fully saturated rings. The van der Waals surface area contributed by atoms with Crippen molar-refractivity contribution in [2.75, 3.05) is 0 Å². The minimum atomic E-state index is -0.285. The molecule has 0 aromatic carbocycles. The van der Waals surface area contributed by atoms with Crippen LogP contribution in [0.5, 0.6) is 0 Å². The molecule has 0 unspecified atom stereocenters. The second-order valence-electron chi connectivity index (χ2n) is 6.00. The van der Waals surface area contributed by atoms with Gasteiger partial charge in [-0.25, -0.2) is 4.79 Å². The van der Waals surface area contributed by atoms with E-state index in [-0.39, 0.29) is 35.9 Å². The number of aliphatic hydroxyl groups excluding tert-OH is 1. The monoisotopic (exact) mass is 248 g/mol. The number of carbonyl (C=O) groups excluding carboxylic acids is 1. The Morgan fingerprint density at radius 1 is 1.44 bits per heavy atom. The molecule has 1 saturated heterocycles. The van der Waals surface area contributed by atoms with Gasteiger partial charge in [-0.2, -0.15) is 0 Å². The molecule has 1 heterocycles. The summed E-state index contributed by atoms with van der Waals surface area (Å²) in [6.45, 7) is 8.12. The van der Waals surface area contributed by atoms with Crippen molar-refractivity contribution in [3.63, 3.8) is 0 Å². The smallest absolute Gasteiger partial charge is 0.334 e. The lowest BCUT2D eigenvalue weighted by atomic mass is 9.63. The van der Waals surface area contributed by atoms with Crippen molar-refractivity contribution in [3.05, 3.63) is 23.3 Å². The first kappa shape index (κ1) is 12.0. The van der Waals surface area contributed by atoms with Gasteiger partial charge < -0.3 is 9.84 Å². The summed E-state index contributed by atoms with van der Waals surface area (Å²) in [5, 5.41) is 10.2. The molecular formula is C15H20O3. The Morgan fingerprint density at radius 3 is 2.89 bits per heavy atom. The van der Waals surface area contributed by atoms with Crippen LogP contribution in [-0.4, -0.2) is 23.3 Å². The molecule has 0 radical (unpaired) electrons. The summed E-state index contributed by atoms with van der Waals surface area (Å²) in [5.41, 5.74) is 3.36. The summed E-state index contributed by atoms with van der Waals surface area (Å²) in [6.07, 6.45) is 2.27. The second kappa shape index (κ2) is 3.95. The maximum atomic E-state index is 11.7. The van der Waals surface area contributed by atoms with E-state index in [0.717, 1.165) is 19.3 Å². The summed E-state index contributed by atoms with van der Waals surface area (Å²) in [6, 6.07) is 0. The molecule has 1 N–H and O–H groups in total. The zero-order valence-corrected chi connectivity index (χ0v) is 11.0. The molecule has 5 atom stereocenters. The van der Waals surface area contributed by atoms with Crippen LogP contribution in [0.1, 0.15) is 33.1 Å². The number of rotatable bonds is 0. The van der Waals surface area contributed by atoms with Crippen LogP contribution in [-0.2, 0) is 9.53 Å². The van der Waals surface area contributed by atoms with Crippen molar-refractivity contribution in [1.82, 2.24) is 0 Å². The largest absolute Gasteiger partial charge is 0.458 e. The minimum absolute atomic E-state index is 0.0840. The predicted molar refractivity (Wildman–Crippen MR) is 67.7 cm³/mol. The molecule has 0 bridgehead atoms. The highest BCUT2D eigenvalue weighted by atomic mass is 16.6. The highest BCUT2D eigenvalue weighted by Crippen LogP contribution is 2.50. The first-order valence-corrected chi connectivity index (χ1v) is 6.77. The van der Waals surface area contributed by atoms with Gasteiger partial charge in [-0.15, -0.1) is 0 Å². The van der Waals surface area contributed by atoms with Gasteiger partial charge >= 0.3 is 5.97 Å². The fourth-order valence-electron chi connectivity index (χ4n) is 3.98. The van der Waals surface area contributed by atoms with Gasteiger partial charge in [0.1, 0.15) is 6.10 Å². The summed E-state index contributed by atoms with van der Waals surface area (Å²) >= 11 is 0. The van der Waals surface area contributed by atoms with Gasteiger partial charge in [0.25, 0.3) is 0 Å². The van der Waals surface area contributed by atoms with Gasteiger partial charge in [0, 0.05) is 23.3 Å². The molecule has 0 spiro atoms. The Labute approximate surface area is 108 Å². The first-order chi connectivity index (χ1) is 8.50. The van der Waals surface area contributed by atoms with E-state index in [2.05, 4.69) is 20.4 Å². The van der Waals surface area contributed by atoms with Crippen LogP contribution < -0.4 is 0 Å². The SMILES string of the molecule is C=C1C(=O)O[C@@H]2[C@H](C)[C@H]3C(=C(C)CC[C@H]3O)C[C@H]12. The average molecular weight is 248 g/mol. The maximum Gasteiger partial charge on any atom is 0.334 e. The number of hydrogen-bond donors (Lipinski definition) is 1. The predicted octanol–water partition coefficient (Wildman–Crippen LogP) is 2.21. The van der Waals surface area contributed by atoms with E-state index in [9.17, 15) is 9.90 Å². The van der Waals surface area contributed by atoms with E-state index in [0.29, 0.717) is 5.57 Å². The van der Waals surface area contributed by atoms with Crippen LogP contribution in [0.4, 0.5) is 0 Å². The van der Waals surface area contributed by atoms with Gasteiger partial charge in [0.05, 0.1) is 6.10 Å². The first-order valence-electron chi connectivity index (χ1n) is 6.77. The van der Waals surface area contributed by atoms with Crippen LogP contribution in [0.3, 0.4) is 0 Å². The van der Waals surface area contributed by atoms with Gasteiger partial charge in [-0.3, -0.25) is 0 Å². The lowest BCUT2D eigenvalue weighted by Crippen LogP contribution is -2.44. The Bertz CT molecular complexity index is 449. The van der Waals surface area contributed by atoms with E-state index in [1.165, 1.54) is 11.1 Å². The van der Waals surface area contributed by atoms with Crippen LogP contribution in [0.2, 0.25) is 0 Å². The normalized spacial score (nSPS) is 43.6. The molecule has 1 aliphatic heterocycles. The summed E-state index contributed by atoms with van der Waals surface area (Å²) in [5.74, 6) is 0.230. The maximum absolute atomic E-state index is 11.7. The third-order valence-electron chi connectivity index (χ3n) is 5.05. The lowest BCUT2D eigenvalue weighted by Gasteiger charge is -2.44. The quantitative estimate of drug-likeness (QED) is 0.406. The topological polar surface area (TPSA) is 46.5 Å². The Hall–Kier alpha value is -1.09. The Morgan fingerprint density at radius 2 is 2.17 bits per heavy atom. The van der Waals surface area contributed by atoms with Gasteiger partial charge in [-0.05, 0) is 26.2 Å². The molecule has 2 aliphatic carbocycles.